The molecule has 0 amide bonds. The highest BCUT2D eigenvalue weighted by molar-refractivity contribution is 7.92. The molecule has 2 unspecified atom stereocenters. The Morgan fingerprint density at radius 1 is 1.40 bits per heavy atom. The van der Waals surface area contributed by atoms with E-state index in [1.165, 1.54) is 6.26 Å². The maximum Gasteiger partial charge on any atom is 0.153 e. The van der Waals surface area contributed by atoms with Gasteiger partial charge in [0.15, 0.2) is 9.84 Å². The molecule has 1 aliphatic rings. The van der Waals surface area contributed by atoms with Gasteiger partial charge in [0.05, 0.1) is 10.9 Å². The van der Waals surface area contributed by atoms with Crippen LogP contribution >= 0.6 is 0 Å². The van der Waals surface area contributed by atoms with Gasteiger partial charge >= 0.3 is 0 Å². The van der Waals surface area contributed by atoms with Crippen molar-refractivity contribution in [1.29, 1.82) is 0 Å². The Morgan fingerprint density at radius 3 is 2.40 bits per heavy atom. The second-order valence-corrected chi connectivity index (χ2v) is 7.67. The Bertz CT molecular complexity index is 311. The van der Waals surface area contributed by atoms with Gasteiger partial charge in [0.2, 0.25) is 0 Å². The third-order valence-electron chi connectivity index (χ3n) is 3.27. The summed E-state index contributed by atoms with van der Waals surface area (Å²) in [6, 6.07) is 0.0611. The van der Waals surface area contributed by atoms with Crippen LogP contribution in [-0.2, 0) is 9.84 Å². The highest BCUT2D eigenvalue weighted by Gasteiger charge is 2.32. The second kappa shape index (κ2) is 4.39. The maximum absolute atomic E-state index is 11.4. The first kappa shape index (κ1) is 12.9. The minimum absolute atomic E-state index is 0.0611. The lowest BCUT2D eigenvalue weighted by molar-refractivity contribution is 0.148. The number of sulfone groups is 1. The summed E-state index contributed by atoms with van der Waals surface area (Å²) in [5.74, 6) is 0. The molecule has 0 bridgehead atoms. The molecule has 15 heavy (non-hydrogen) atoms. The van der Waals surface area contributed by atoms with Crippen molar-refractivity contribution < 1.29 is 13.5 Å². The predicted octanol–water partition coefficient (Wildman–Crippen LogP) is 0.313. The van der Waals surface area contributed by atoms with Crippen LogP contribution in [0.15, 0.2) is 0 Å². The quantitative estimate of drug-likeness (QED) is 0.736. The minimum atomic E-state index is -3.06. The fraction of sp³-hybridized carbons (Fsp3) is 1.00. The van der Waals surface area contributed by atoms with E-state index in [0.29, 0.717) is 6.54 Å². The van der Waals surface area contributed by atoms with E-state index in [1.54, 1.807) is 13.8 Å². The largest absolute Gasteiger partial charge is 0.392 e. The van der Waals surface area contributed by atoms with Crippen LogP contribution in [0.4, 0.5) is 0 Å². The Morgan fingerprint density at radius 2 is 2.00 bits per heavy atom. The Labute approximate surface area is 92.0 Å². The van der Waals surface area contributed by atoms with Gasteiger partial charge in [-0.3, -0.25) is 0 Å². The zero-order valence-corrected chi connectivity index (χ0v) is 10.5. The fourth-order valence-electron chi connectivity index (χ4n) is 1.69. The van der Waals surface area contributed by atoms with E-state index in [-0.39, 0.29) is 12.1 Å². The van der Waals surface area contributed by atoms with Gasteiger partial charge in [0.25, 0.3) is 0 Å². The molecule has 1 aliphatic carbocycles. The average molecular weight is 235 g/mol. The van der Waals surface area contributed by atoms with E-state index < -0.39 is 14.6 Å². The summed E-state index contributed by atoms with van der Waals surface area (Å²) in [6.45, 7) is 3.81. The summed E-state index contributed by atoms with van der Waals surface area (Å²) in [7, 11) is -3.06. The van der Waals surface area contributed by atoms with Gasteiger partial charge in [-0.25, -0.2) is 8.42 Å². The topological polar surface area (TPSA) is 66.4 Å². The van der Waals surface area contributed by atoms with Crippen LogP contribution in [0, 0.1) is 0 Å². The van der Waals surface area contributed by atoms with Crippen LogP contribution in [0.5, 0.6) is 0 Å². The standard InChI is InChI=1S/C10H21NO3S/c1-10(2,15(3,13)14)7-11-8-5-4-6-9(8)12/h8-9,11-12H,4-7H2,1-3H3. The number of aliphatic hydroxyl groups is 1. The first-order valence-corrected chi connectivity index (χ1v) is 7.24. The van der Waals surface area contributed by atoms with Crippen LogP contribution < -0.4 is 5.32 Å². The number of aliphatic hydroxyl groups excluding tert-OH is 1. The number of hydrogen-bond acceptors (Lipinski definition) is 4. The predicted molar refractivity (Wildman–Crippen MR) is 60.6 cm³/mol. The molecule has 2 N–H and O–H groups in total. The van der Waals surface area contributed by atoms with E-state index in [0.717, 1.165) is 19.3 Å². The van der Waals surface area contributed by atoms with E-state index in [4.69, 9.17) is 0 Å². The molecule has 0 aromatic carbocycles. The smallest absolute Gasteiger partial charge is 0.153 e. The first-order valence-electron chi connectivity index (χ1n) is 5.35. The lowest BCUT2D eigenvalue weighted by Gasteiger charge is -2.26. The second-order valence-electron chi connectivity index (χ2n) is 5.02. The van der Waals surface area contributed by atoms with Crippen molar-refractivity contribution in [2.75, 3.05) is 12.8 Å². The molecule has 1 saturated carbocycles. The first-order chi connectivity index (χ1) is 6.74. The highest BCUT2D eigenvalue weighted by atomic mass is 32.2. The molecular weight excluding hydrogens is 214 g/mol. The highest BCUT2D eigenvalue weighted by Crippen LogP contribution is 2.20. The van der Waals surface area contributed by atoms with Gasteiger partial charge in [0.1, 0.15) is 0 Å². The molecule has 0 heterocycles. The van der Waals surface area contributed by atoms with Gasteiger partial charge in [-0.2, -0.15) is 0 Å². The van der Waals surface area contributed by atoms with Gasteiger partial charge < -0.3 is 10.4 Å². The number of nitrogens with one attached hydrogen (secondary N) is 1. The van der Waals surface area contributed by atoms with E-state index >= 15 is 0 Å². The molecule has 0 aliphatic heterocycles. The SMILES string of the molecule is CC(C)(CNC1CCCC1O)S(C)(=O)=O. The van der Waals surface area contributed by atoms with Gasteiger partial charge in [-0.05, 0) is 33.1 Å². The third-order valence-corrected chi connectivity index (χ3v) is 5.43. The summed E-state index contributed by atoms with van der Waals surface area (Å²) in [6.07, 6.45) is 3.69. The van der Waals surface area contributed by atoms with Crippen LogP contribution in [0.3, 0.4) is 0 Å². The van der Waals surface area contributed by atoms with Crippen LogP contribution in [0.1, 0.15) is 33.1 Å². The lowest BCUT2D eigenvalue weighted by atomic mass is 10.1. The van der Waals surface area contributed by atoms with Crippen molar-refractivity contribution in [1.82, 2.24) is 5.32 Å². The summed E-state index contributed by atoms with van der Waals surface area (Å²) in [4.78, 5) is 0. The van der Waals surface area contributed by atoms with Crippen LogP contribution in [0.25, 0.3) is 0 Å². The third kappa shape index (κ3) is 3.16. The van der Waals surface area contributed by atoms with E-state index in [2.05, 4.69) is 5.32 Å². The van der Waals surface area contributed by atoms with Crippen molar-refractivity contribution in [3.05, 3.63) is 0 Å². The molecule has 1 rings (SSSR count). The molecule has 0 saturated heterocycles. The Balaban J connectivity index is 2.49. The molecule has 1 fully saturated rings. The van der Waals surface area contributed by atoms with Crippen molar-refractivity contribution in [2.24, 2.45) is 0 Å². The van der Waals surface area contributed by atoms with Crippen molar-refractivity contribution in [3.8, 4) is 0 Å². The summed E-state index contributed by atoms with van der Waals surface area (Å²) in [5, 5.41) is 12.7. The molecule has 2 atom stereocenters. The fourth-order valence-corrected chi connectivity index (χ4v) is 2.03. The summed E-state index contributed by atoms with van der Waals surface area (Å²) < 4.78 is 22.1. The summed E-state index contributed by atoms with van der Waals surface area (Å²) >= 11 is 0. The monoisotopic (exact) mass is 235 g/mol. The summed E-state index contributed by atoms with van der Waals surface area (Å²) in [5.41, 5.74) is 0. The van der Waals surface area contributed by atoms with Crippen molar-refractivity contribution in [2.45, 2.75) is 50.0 Å². The number of hydrogen-bond donors (Lipinski definition) is 2. The lowest BCUT2D eigenvalue weighted by Crippen LogP contribution is -2.47. The Hall–Kier alpha value is -0.130. The minimum Gasteiger partial charge on any atom is -0.392 e. The zero-order valence-electron chi connectivity index (χ0n) is 9.66. The number of rotatable bonds is 4. The van der Waals surface area contributed by atoms with Gasteiger partial charge in [-0.1, -0.05) is 0 Å². The van der Waals surface area contributed by atoms with E-state index in [9.17, 15) is 13.5 Å². The van der Waals surface area contributed by atoms with Gasteiger partial charge in [0, 0.05) is 18.8 Å². The Kier molecular flexibility index (Phi) is 3.79. The molecule has 5 heteroatoms. The molecule has 0 aromatic heterocycles. The van der Waals surface area contributed by atoms with Crippen LogP contribution in [-0.4, -0.2) is 43.2 Å². The van der Waals surface area contributed by atoms with E-state index in [1.807, 2.05) is 0 Å². The average Bonchev–Trinajstić information content (AvgIpc) is 2.46. The van der Waals surface area contributed by atoms with Crippen LogP contribution in [0.2, 0.25) is 0 Å². The molecule has 4 nitrogen and oxygen atoms in total. The normalized spacial score (nSPS) is 28.3. The molecule has 0 radical (unpaired) electrons. The molecule has 0 aromatic rings. The van der Waals surface area contributed by atoms with Crippen molar-refractivity contribution in [3.63, 3.8) is 0 Å². The van der Waals surface area contributed by atoms with Crippen molar-refractivity contribution >= 4 is 9.84 Å². The zero-order chi connectivity index (χ0) is 11.7. The van der Waals surface area contributed by atoms with Gasteiger partial charge in [-0.15, -0.1) is 0 Å². The molecular formula is C10H21NO3S. The molecule has 90 valence electrons. The molecule has 0 spiro atoms. The maximum atomic E-state index is 11.4.